The Hall–Kier alpha value is -2.01. The Labute approximate surface area is 118 Å². The fourth-order valence-corrected chi connectivity index (χ4v) is 4.01. The SMILES string of the molecule is Cc1cc(C)c(S(=O)(=O)c2c(C)cccc2O)cc1O. The third-order valence-electron chi connectivity index (χ3n) is 3.24. The van der Waals surface area contributed by atoms with Crippen LogP contribution in [0.3, 0.4) is 0 Å². The van der Waals surface area contributed by atoms with Crippen molar-refractivity contribution in [3.63, 3.8) is 0 Å². The third kappa shape index (κ3) is 2.25. The van der Waals surface area contributed by atoms with Gasteiger partial charge in [-0.05, 0) is 49.6 Å². The number of hydrogen-bond acceptors (Lipinski definition) is 4. The van der Waals surface area contributed by atoms with Crippen LogP contribution in [0.5, 0.6) is 11.5 Å². The van der Waals surface area contributed by atoms with Crippen molar-refractivity contribution >= 4 is 9.84 Å². The predicted molar refractivity (Wildman–Crippen MR) is 75.9 cm³/mol. The molecule has 2 N–H and O–H groups in total. The quantitative estimate of drug-likeness (QED) is 0.892. The summed E-state index contributed by atoms with van der Waals surface area (Å²) in [4.78, 5) is -0.114. The second-order valence-electron chi connectivity index (χ2n) is 4.83. The normalized spacial score (nSPS) is 11.6. The first-order valence-electron chi connectivity index (χ1n) is 6.09. The van der Waals surface area contributed by atoms with Crippen LogP contribution in [0.2, 0.25) is 0 Å². The van der Waals surface area contributed by atoms with E-state index in [9.17, 15) is 18.6 Å². The number of aromatic hydroxyl groups is 2. The van der Waals surface area contributed by atoms with E-state index in [1.54, 1.807) is 39.0 Å². The predicted octanol–water partition coefficient (Wildman–Crippen LogP) is 2.86. The number of rotatable bonds is 2. The molecule has 0 aromatic heterocycles. The summed E-state index contributed by atoms with van der Waals surface area (Å²) in [6, 6.07) is 7.38. The van der Waals surface area contributed by atoms with Crippen molar-refractivity contribution in [1.29, 1.82) is 0 Å². The Morgan fingerprint density at radius 3 is 2.10 bits per heavy atom. The maximum absolute atomic E-state index is 12.7. The highest BCUT2D eigenvalue weighted by Crippen LogP contribution is 2.35. The molecule has 0 amide bonds. The minimum Gasteiger partial charge on any atom is -0.508 e. The fourth-order valence-electron chi connectivity index (χ4n) is 2.21. The first-order valence-corrected chi connectivity index (χ1v) is 7.57. The second-order valence-corrected chi connectivity index (χ2v) is 6.69. The number of phenolic OH excluding ortho intramolecular Hbond substituents is 2. The Morgan fingerprint density at radius 1 is 0.850 bits per heavy atom. The molecular weight excluding hydrogens is 276 g/mol. The lowest BCUT2D eigenvalue weighted by Crippen LogP contribution is -2.06. The standard InChI is InChI=1S/C15H16O4S/c1-9-5-4-6-12(16)15(9)20(18,19)14-8-13(17)10(2)7-11(14)3/h4-8,16-17H,1-3H3. The maximum atomic E-state index is 12.7. The van der Waals surface area contributed by atoms with Gasteiger partial charge in [0.05, 0.1) is 4.90 Å². The van der Waals surface area contributed by atoms with Crippen LogP contribution in [0.25, 0.3) is 0 Å². The van der Waals surface area contributed by atoms with Crippen molar-refractivity contribution < 1.29 is 18.6 Å². The lowest BCUT2D eigenvalue weighted by Gasteiger charge is -2.13. The van der Waals surface area contributed by atoms with E-state index in [-0.39, 0.29) is 21.3 Å². The number of aryl methyl sites for hydroxylation is 3. The Balaban J connectivity index is 2.77. The highest BCUT2D eigenvalue weighted by atomic mass is 32.2. The van der Waals surface area contributed by atoms with Gasteiger partial charge >= 0.3 is 0 Å². The van der Waals surface area contributed by atoms with E-state index in [2.05, 4.69) is 0 Å². The summed E-state index contributed by atoms with van der Waals surface area (Å²) >= 11 is 0. The molecule has 20 heavy (non-hydrogen) atoms. The molecular formula is C15H16O4S. The summed E-state index contributed by atoms with van der Waals surface area (Å²) in [6.07, 6.45) is 0. The summed E-state index contributed by atoms with van der Waals surface area (Å²) in [7, 11) is -3.88. The minimum absolute atomic E-state index is 0.00481. The van der Waals surface area contributed by atoms with Gasteiger partial charge in [-0.25, -0.2) is 8.42 Å². The van der Waals surface area contributed by atoms with Crippen molar-refractivity contribution in [1.82, 2.24) is 0 Å². The van der Waals surface area contributed by atoms with Gasteiger partial charge in [0.25, 0.3) is 0 Å². The highest BCUT2D eigenvalue weighted by molar-refractivity contribution is 7.91. The molecule has 5 heteroatoms. The molecule has 0 aliphatic rings. The monoisotopic (exact) mass is 292 g/mol. The van der Waals surface area contributed by atoms with Gasteiger partial charge < -0.3 is 10.2 Å². The van der Waals surface area contributed by atoms with Crippen molar-refractivity contribution in [2.24, 2.45) is 0 Å². The van der Waals surface area contributed by atoms with E-state index >= 15 is 0 Å². The van der Waals surface area contributed by atoms with Crippen LogP contribution in [-0.2, 0) is 9.84 Å². The maximum Gasteiger partial charge on any atom is 0.210 e. The van der Waals surface area contributed by atoms with Gasteiger partial charge in [0.15, 0.2) is 0 Å². The zero-order chi connectivity index (χ0) is 15.1. The third-order valence-corrected chi connectivity index (χ3v) is 5.33. The molecule has 0 heterocycles. The van der Waals surface area contributed by atoms with Crippen LogP contribution in [0, 0.1) is 20.8 Å². The fraction of sp³-hybridized carbons (Fsp3) is 0.200. The number of hydrogen-bond donors (Lipinski definition) is 2. The van der Waals surface area contributed by atoms with Crippen molar-refractivity contribution in [2.75, 3.05) is 0 Å². The Kier molecular flexibility index (Phi) is 3.48. The van der Waals surface area contributed by atoms with Crippen molar-refractivity contribution in [2.45, 2.75) is 30.6 Å². The van der Waals surface area contributed by atoms with E-state index in [0.717, 1.165) is 0 Å². The minimum atomic E-state index is -3.88. The van der Waals surface area contributed by atoms with E-state index in [4.69, 9.17) is 0 Å². The van der Waals surface area contributed by atoms with Gasteiger partial charge in [0, 0.05) is 0 Å². The molecule has 0 fully saturated rings. The van der Waals surface area contributed by atoms with Gasteiger partial charge in [0.2, 0.25) is 9.84 Å². The Morgan fingerprint density at radius 2 is 1.50 bits per heavy atom. The number of benzene rings is 2. The van der Waals surface area contributed by atoms with E-state index < -0.39 is 9.84 Å². The van der Waals surface area contributed by atoms with Gasteiger partial charge in [-0.1, -0.05) is 18.2 Å². The molecule has 0 radical (unpaired) electrons. The smallest absolute Gasteiger partial charge is 0.210 e. The van der Waals surface area contributed by atoms with Crippen molar-refractivity contribution in [3.8, 4) is 11.5 Å². The molecule has 0 saturated heterocycles. The van der Waals surface area contributed by atoms with Gasteiger partial charge in [-0.3, -0.25) is 0 Å². The molecule has 0 unspecified atom stereocenters. The molecule has 0 saturated carbocycles. The molecule has 0 spiro atoms. The first-order chi connectivity index (χ1) is 9.25. The summed E-state index contributed by atoms with van der Waals surface area (Å²) < 4.78 is 25.4. The Bertz CT molecular complexity index is 756. The zero-order valence-electron chi connectivity index (χ0n) is 11.5. The molecule has 0 aliphatic carbocycles. The molecule has 0 atom stereocenters. The zero-order valence-corrected chi connectivity index (χ0v) is 12.3. The summed E-state index contributed by atoms with van der Waals surface area (Å²) in [5.74, 6) is -0.369. The van der Waals surface area contributed by atoms with Crippen LogP contribution in [0.1, 0.15) is 16.7 Å². The average Bonchev–Trinajstić information content (AvgIpc) is 2.33. The average molecular weight is 292 g/mol. The molecule has 2 aromatic rings. The van der Waals surface area contributed by atoms with Crippen LogP contribution in [0.4, 0.5) is 0 Å². The van der Waals surface area contributed by atoms with Crippen molar-refractivity contribution in [3.05, 3.63) is 47.0 Å². The van der Waals surface area contributed by atoms with Crippen LogP contribution in [0.15, 0.2) is 40.1 Å². The molecule has 0 aliphatic heterocycles. The van der Waals surface area contributed by atoms with E-state index in [1.807, 2.05) is 0 Å². The van der Waals surface area contributed by atoms with E-state index in [0.29, 0.717) is 16.7 Å². The van der Waals surface area contributed by atoms with Crippen LogP contribution in [-0.4, -0.2) is 18.6 Å². The molecule has 106 valence electrons. The summed E-state index contributed by atoms with van der Waals surface area (Å²) in [5, 5.41) is 19.6. The van der Waals surface area contributed by atoms with Crippen LogP contribution >= 0.6 is 0 Å². The summed E-state index contributed by atoms with van der Waals surface area (Å²) in [6.45, 7) is 4.98. The van der Waals surface area contributed by atoms with Crippen LogP contribution < -0.4 is 0 Å². The second kappa shape index (κ2) is 4.83. The largest absolute Gasteiger partial charge is 0.508 e. The number of sulfone groups is 1. The topological polar surface area (TPSA) is 74.6 Å². The number of phenols is 2. The molecule has 0 bridgehead atoms. The van der Waals surface area contributed by atoms with Gasteiger partial charge in [-0.15, -0.1) is 0 Å². The lowest BCUT2D eigenvalue weighted by molar-refractivity contribution is 0.457. The highest BCUT2D eigenvalue weighted by Gasteiger charge is 2.26. The lowest BCUT2D eigenvalue weighted by atomic mass is 10.1. The van der Waals surface area contributed by atoms with Gasteiger partial charge in [-0.2, -0.15) is 0 Å². The molecule has 2 aromatic carbocycles. The summed E-state index contributed by atoms with van der Waals surface area (Å²) in [5.41, 5.74) is 1.60. The molecule has 2 rings (SSSR count). The van der Waals surface area contributed by atoms with Gasteiger partial charge in [0.1, 0.15) is 16.4 Å². The first kappa shape index (κ1) is 14.4. The molecule has 4 nitrogen and oxygen atoms in total. The van der Waals surface area contributed by atoms with E-state index in [1.165, 1.54) is 12.1 Å².